The first-order chi connectivity index (χ1) is 5.25. The van der Waals surface area contributed by atoms with Gasteiger partial charge in [-0.2, -0.15) is 13.2 Å². The van der Waals surface area contributed by atoms with E-state index in [1.165, 1.54) is 13.8 Å². The zero-order chi connectivity index (χ0) is 9.94. The van der Waals surface area contributed by atoms with Gasteiger partial charge in [-0.15, -0.1) is 0 Å². The lowest BCUT2D eigenvalue weighted by Gasteiger charge is -2.14. The molecule has 0 spiro atoms. The quantitative estimate of drug-likeness (QED) is 0.722. The zero-order valence-corrected chi connectivity index (χ0v) is 6.85. The molecule has 0 aromatic heterocycles. The Kier molecular flexibility index (Phi) is 3.70. The van der Waals surface area contributed by atoms with Crippen molar-refractivity contribution in [2.75, 3.05) is 0 Å². The second kappa shape index (κ2) is 3.89. The fraction of sp³-hybridized carbons (Fsp3) is 0.857. The molecule has 12 heavy (non-hydrogen) atoms. The fourth-order valence-corrected chi connectivity index (χ4v) is 0.542. The van der Waals surface area contributed by atoms with Crippen molar-refractivity contribution in [3.05, 3.63) is 0 Å². The highest BCUT2D eigenvalue weighted by molar-refractivity contribution is 5.80. The first-order valence-electron chi connectivity index (χ1n) is 3.52. The number of ketones is 1. The lowest BCUT2D eigenvalue weighted by Crippen LogP contribution is -2.31. The minimum Gasteiger partial charge on any atom is -0.383 e. The molecule has 0 radical (unpaired) electrons. The predicted octanol–water partition coefficient (Wildman–Crippen LogP) is 1.52. The smallest absolute Gasteiger partial charge is 0.383 e. The number of carbonyl (C=O) groups is 1. The van der Waals surface area contributed by atoms with Crippen LogP contribution in [0.3, 0.4) is 0 Å². The van der Waals surface area contributed by atoms with Crippen LogP contribution in [0.1, 0.15) is 20.3 Å². The van der Waals surface area contributed by atoms with Gasteiger partial charge in [0, 0.05) is 12.3 Å². The minimum atomic E-state index is -4.69. The highest BCUT2D eigenvalue weighted by Crippen LogP contribution is 2.23. The van der Waals surface area contributed by atoms with Crippen molar-refractivity contribution in [3.8, 4) is 0 Å². The van der Waals surface area contributed by atoms with E-state index in [9.17, 15) is 18.0 Å². The van der Waals surface area contributed by atoms with E-state index in [2.05, 4.69) is 0 Å². The normalized spacial score (nSPS) is 14.9. The average molecular weight is 184 g/mol. The van der Waals surface area contributed by atoms with Gasteiger partial charge < -0.3 is 5.11 Å². The van der Waals surface area contributed by atoms with Gasteiger partial charge in [-0.25, -0.2) is 0 Å². The molecule has 72 valence electrons. The van der Waals surface area contributed by atoms with Gasteiger partial charge in [0.15, 0.2) is 6.10 Å². The zero-order valence-electron chi connectivity index (χ0n) is 6.85. The van der Waals surface area contributed by atoms with E-state index in [4.69, 9.17) is 5.11 Å². The van der Waals surface area contributed by atoms with Crippen LogP contribution in [0.5, 0.6) is 0 Å². The standard InChI is InChI=1S/C7H11F3O2/c1-4(2)5(11)3-6(12)7(8,9)10/h4,6,12H,3H2,1-2H3. The molecule has 0 amide bonds. The molecule has 0 aromatic carbocycles. The molecule has 1 atom stereocenters. The molecule has 0 saturated carbocycles. The summed E-state index contributed by atoms with van der Waals surface area (Å²) in [5, 5.41) is 8.46. The molecule has 2 nitrogen and oxygen atoms in total. The van der Waals surface area contributed by atoms with Gasteiger partial charge in [0.05, 0.1) is 0 Å². The summed E-state index contributed by atoms with van der Waals surface area (Å²) in [6.07, 6.45) is -8.06. The Balaban J connectivity index is 4.02. The maximum absolute atomic E-state index is 11.7. The number of hydrogen-bond donors (Lipinski definition) is 1. The van der Waals surface area contributed by atoms with Crippen molar-refractivity contribution in [2.45, 2.75) is 32.5 Å². The van der Waals surface area contributed by atoms with Crippen LogP contribution in [0.15, 0.2) is 0 Å². The Morgan fingerprint density at radius 2 is 1.83 bits per heavy atom. The number of alkyl halides is 3. The minimum absolute atomic E-state index is 0.470. The van der Waals surface area contributed by atoms with Crippen LogP contribution in [0.2, 0.25) is 0 Å². The molecule has 0 aliphatic carbocycles. The summed E-state index contributed by atoms with van der Waals surface area (Å²) in [7, 11) is 0. The second-order valence-corrected chi connectivity index (χ2v) is 2.88. The van der Waals surface area contributed by atoms with Crippen molar-refractivity contribution in [1.82, 2.24) is 0 Å². The van der Waals surface area contributed by atoms with Crippen LogP contribution in [0, 0.1) is 5.92 Å². The first-order valence-corrected chi connectivity index (χ1v) is 3.52. The Bertz CT molecular complexity index is 163. The van der Waals surface area contributed by atoms with Crippen LogP contribution < -0.4 is 0 Å². The van der Waals surface area contributed by atoms with Crippen LogP contribution >= 0.6 is 0 Å². The summed E-state index contributed by atoms with van der Waals surface area (Å²) in [6.45, 7) is 2.98. The molecule has 1 N–H and O–H groups in total. The van der Waals surface area contributed by atoms with E-state index < -0.39 is 30.4 Å². The highest BCUT2D eigenvalue weighted by atomic mass is 19.4. The van der Waals surface area contributed by atoms with E-state index in [1.807, 2.05) is 0 Å². The molecular formula is C7H11F3O2. The SMILES string of the molecule is CC(C)C(=O)CC(O)C(F)(F)F. The number of halogens is 3. The molecule has 0 aliphatic heterocycles. The Hall–Kier alpha value is -0.580. The molecule has 0 heterocycles. The summed E-state index contributed by atoms with van der Waals surface area (Å²) >= 11 is 0. The topological polar surface area (TPSA) is 37.3 Å². The van der Waals surface area contributed by atoms with Gasteiger partial charge in [-0.1, -0.05) is 13.8 Å². The third-order valence-electron chi connectivity index (χ3n) is 1.42. The maximum Gasteiger partial charge on any atom is 0.414 e. The second-order valence-electron chi connectivity index (χ2n) is 2.88. The maximum atomic E-state index is 11.7. The molecule has 1 unspecified atom stereocenters. The van der Waals surface area contributed by atoms with Gasteiger partial charge >= 0.3 is 6.18 Å². The molecule has 0 aromatic rings. The largest absolute Gasteiger partial charge is 0.414 e. The lowest BCUT2D eigenvalue weighted by molar-refractivity contribution is -0.206. The van der Waals surface area contributed by atoms with Gasteiger partial charge in [-0.05, 0) is 0 Å². The summed E-state index contributed by atoms with van der Waals surface area (Å²) in [4.78, 5) is 10.7. The molecular weight excluding hydrogens is 173 g/mol. The van der Waals surface area contributed by atoms with E-state index in [1.54, 1.807) is 0 Å². The van der Waals surface area contributed by atoms with Crippen molar-refractivity contribution >= 4 is 5.78 Å². The van der Waals surface area contributed by atoms with Crippen molar-refractivity contribution in [2.24, 2.45) is 5.92 Å². The van der Waals surface area contributed by atoms with E-state index >= 15 is 0 Å². The van der Waals surface area contributed by atoms with Gasteiger partial charge in [0.2, 0.25) is 0 Å². The molecule has 5 heteroatoms. The average Bonchev–Trinajstić information content (AvgIpc) is 1.85. The number of hydrogen-bond acceptors (Lipinski definition) is 2. The lowest BCUT2D eigenvalue weighted by atomic mass is 10.0. The van der Waals surface area contributed by atoms with Crippen molar-refractivity contribution in [1.29, 1.82) is 0 Å². The number of aliphatic hydroxyl groups is 1. The molecule has 0 saturated heterocycles. The summed E-state index contributed by atoms with van der Waals surface area (Å²) in [6, 6.07) is 0. The van der Waals surface area contributed by atoms with Gasteiger partial charge in [0.1, 0.15) is 5.78 Å². The van der Waals surface area contributed by atoms with Crippen molar-refractivity contribution in [3.63, 3.8) is 0 Å². The van der Waals surface area contributed by atoms with E-state index in [0.717, 1.165) is 0 Å². The third kappa shape index (κ3) is 3.71. The van der Waals surface area contributed by atoms with Crippen molar-refractivity contribution < 1.29 is 23.1 Å². The Labute approximate surface area is 68.4 Å². The van der Waals surface area contributed by atoms with Crippen LogP contribution in [-0.4, -0.2) is 23.2 Å². The molecule has 0 bridgehead atoms. The fourth-order valence-electron chi connectivity index (χ4n) is 0.542. The van der Waals surface area contributed by atoms with Gasteiger partial charge in [0.25, 0.3) is 0 Å². The number of carbonyl (C=O) groups excluding carboxylic acids is 1. The predicted molar refractivity (Wildman–Crippen MR) is 36.5 cm³/mol. The first kappa shape index (κ1) is 11.4. The summed E-state index contributed by atoms with van der Waals surface area (Å²) in [5.41, 5.74) is 0. The molecule has 0 fully saturated rings. The molecule has 0 aliphatic rings. The summed E-state index contributed by atoms with van der Waals surface area (Å²) in [5.74, 6) is -1.05. The highest BCUT2D eigenvalue weighted by Gasteiger charge is 2.39. The Morgan fingerprint density at radius 1 is 1.42 bits per heavy atom. The van der Waals surface area contributed by atoms with Gasteiger partial charge in [-0.3, -0.25) is 4.79 Å². The summed E-state index contributed by atoms with van der Waals surface area (Å²) < 4.78 is 35.0. The number of Topliss-reactive ketones (excluding diaryl/α,β-unsaturated/α-hetero) is 1. The number of rotatable bonds is 3. The van der Waals surface area contributed by atoms with E-state index in [0.29, 0.717) is 0 Å². The Morgan fingerprint density at radius 3 is 2.08 bits per heavy atom. The van der Waals surface area contributed by atoms with Crippen LogP contribution in [0.4, 0.5) is 13.2 Å². The number of aliphatic hydroxyl groups excluding tert-OH is 1. The van der Waals surface area contributed by atoms with E-state index in [-0.39, 0.29) is 0 Å². The van der Waals surface area contributed by atoms with Crippen LogP contribution in [0.25, 0.3) is 0 Å². The van der Waals surface area contributed by atoms with Crippen LogP contribution in [-0.2, 0) is 4.79 Å². The monoisotopic (exact) mass is 184 g/mol. The third-order valence-corrected chi connectivity index (χ3v) is 1.42. The molecule has 0 rings (SSSR count).